The minimum atomic E-state index is -3.44. The number of hydrogen-bond acceptors (Lipinski definition) is 4. The summed E-state index contributed by atoms with van der Waals surface area (Å²) in [6.45, 7) is 3.07. The molecule has 1 aromatic rings. The molecule has 5 nitrogen and oxygen atoms in total. The van der Waals surface area contributed by atoms with Gasteiger partial charge in [-0.3, -0.25) is 4.90 Å². The van der Waals surface area contributed by atoms with Crippen LogP contribution in [-0.2, 0) is 10.0 Å². The molecule has 0 aromatic heterocycles. The van der Waals surface area contributed by atoms with Gasteiger partial charge in [-0.15, -0.1) is 0 Å². The summed E-state index contributed by atoms with van der Waals surface area (Å²) in [5.41, 5.74) is 7.31. The van der Waals surface area contributed by atoms with Crippen molar-refractivity contribution in [3.05, 3.63) is 23.8 Å². The van der Waals surface area contributed by atoms with Crippen LogP contribution in [0.3, 0.4) is 0 Å². The number of nitrogens with two attached hydrogens (primary N) is 1. The maximum absolute atomic E-state index is 12.8. The van der Waals surface area contributed by atoms with Gasteiger partial charge >= 0.3 is 0 Å². The first-order valence-electron chi connectivity index (χ1n) is 7.48. The average Bonchev–Trinajstić information content (AvgIpc) is 2.65. The summed E-state index contributed by atoms with van der Waals surface area (Å²) < 4.78 is 27.3. The molecule has 0 saturated carbocycles. The zero-order valence-corrected chi connectivity index (χ0v) is 13.4. The fraction of sp³-hybridized carbons (Fsp3) is 0.600. The van der Waals surface area contributed by atoms with Crippen molar-refractivity contribution in [2.75, 3.05) is 25.9 Å². The maximum atomic E-state index is 12.8. The number of anilines is 1. The average molecular weight is 309 g/mol. The van der Waals surface area contributed by atoms with E-state index in [0.29, 0.717) is 35.8 Å². The van der Waals surface area contributed by atoms with Crippen LogP contribution in [0.15, 0.2) is 23.1 Å². The van der Waals surface area contributed by atoms with Crippen LogP contribution >= 0.6 is 0 Å². The van der Waals surface area contributed by atoms with E-state index >= 15 is 0 Å². The van der Waals surface area contributed by atoms with Gasteiger partial charge in [0.25, 0.3) is 0 Å². The fourth-order valence-electron chi connectivity index (χ4n) is 3.42. The summed E-state index contributed by atoms with van der Waals surface area (Å²) in [7, 11) is -1.33. The van der Waals surface area contributed by atoms with Gasteiger partial charge in [-0.25, -0.2) is 8.42 Å². The quantitative estimate of drug-likeness (QED) is 0.839. The number of aryl methyl sites for hydroxylation is 1. The Morgan fingerprint density at radius 2 is 1.90 bits per heavy atom. The summed E-state index contributed by atoms with van der Waals surface area (Å²) in [6, 6.07) is 5.89. The molecular formula is C15H23N3O2S. The SMILES string of the molecule is Cc1ccc(S(=O)(=O)N2CCC3CCC(C2)N3C)cc1N. The lowest BCUT2D eigenvalue weighted by molar-refractivity contribution is 0.246. The van der Waals surface area contributed by atoms with E-state index in [9.17, 15) is 8.42 Å². The Labute approximate surface area is 126 Å². The number of nitrogen functional groups attached to an aromatic ring is 1. The topological polar surface area (TPSA) is 66.6 Å². The molecule has 0 amide bonds. The second-order valence-corrected chi connectivity index (χ2v) is 8.16. The third kappa shape index (κ3) is 2.56. The van der Waals surface area contributed by atoms with Gasteiger partial charge in [0.05, 0.1) is 4.90 Å². The minimum absolute atomic E-state index is 0.311. The van der Waals surface area contributed by atoms with Gasteiger partial charge in [-0.1, -0.05) is 6.07 Å². The number of nitrogens with zero attached hydrogens (tertiary/aromatic N) is 2. The Balaban J connectivity index is 1.89. The Morgan fingerprint density at radius 3 is 2.62 bits per heavy atom. The van der Waals surface area contributed by atoms with Crippen molar-refractivity contribution in [3.8, 4) is 0 Å². The summed E-state index contributed by atoms with van der Waals surface area (Å²) in [6.07, 6.45) is 3.18. The predicted molar refractivity (Wildman–Crippen MR) is 83.5 cm³/mol. The monoisotopic (exact) mass is 309 g/mol. The molecule has 2 unspecified atom stereocenters. The van der Waals surface area contributed by atoms with E-state index in [1.165, 1.54) is 6.42 Å². The first-order chi connectivity index (χ1) is 9.89. The van der Waals surface area contributed by atoms with Gasteiger partial charge in [0.2, 0.25) is 10.0 Å². The molecule has 6 heteroatoms. The van der Waals surface area contributed by atoms with E-state index in [1.54, 1.807) is 22.5 Å². The van der Waals surface area contributed by atoms with E-state index in [-0.39, 0.29) is 0 Å². The standard InChI is InChI=1S/C15H23N3O2S/c1-11-3-6-14(9-15(11)16)21(19,20)18-8-7-12-4-5-13(10-18)17(12)2/h3,6,9,12-13H,4-5,7-8,10,16H2,1-2H3. The molecular weight excluding hydrogens is 286 g/mol. The first-order valence-corrected chi connectivity index (χ1v) is 8.92. The molecule has 2 fully saturated rings. The minimum Gasteiger partial charge on any atom is -0.398 e. The highest BCUT2D eigenvalue weighted by atomic mass is 32.2. The fourth-order valence-corrected chi connectivity index (χ4v) is 4.95. The second kappa shape index (κ2) is 5.26. The van der Waals surface area contributed by atoms with E-state index in [1.807, 2.05) is 6.92 Å². The number of rotatable bonds is 2. The van der Waals surface area contributed by atoms with Gasteiger partial charge in [-0.05, 0) is 50.9 Å². The molecule has 2 bridgehead atoms. The van der Waals surface area contributed by atoms with Crippen LogP contribution in [-0.4, -0.2) is 49.8 Å². The van der Waals surface area contributed by atoms with Gasteiger partial charge in [0, 0.05) is 30.9 Å². The van der Waals surface area contributed by atoms with Gasteiger partial charge < -0.3 is 5.73 Å². The zero-order valence-electron chi connectivity index (χ0n) is 12.6. The van der Waals surface area contributed by atoms with Crippen LogP contribution in [0, 0.1) is 6.92 Å². The Bertz CT molecular complexity index is 644. The molecule has 0 radical (unpaired) electrons. The van der Waals surface area contributed by atoms with Crippen molar-refractivity contribution in [1.82, 2.24) is 9.21 Å². The molecule has 1 aromatic carbocycles. The van der Waals surface area contributed by atoms with Crippen LogP contribution in [0.2, 0.25) is 0 Å². The molecule has 0 aliphatic carbocycles. The molecule has 3 rings (SSSR count). The smallest absolute Gasteiger partial charge is 0.243 e. The Kier molecular flexibility index (Phi) is 3.71. The third-order valence-corrected chi connectivity index (χ3v) is 6.86. The van der Waals surface area contributed by atoms with Crippen molar-refractivity contribution >= 4 is 15.7 Å². The molecule has 2 atom stereocenters. The summed E-state index contributed by atoms with van der Waals surface area (Å²) in [5, 5.41) is 0. The molecule has 2 saturated heterocycles. The highest BCUT2D eigenvalue weighted by molar-refractivity contribution is 7.89. The van der Waals surface area contributed by atoms with E-state index < -0.39 is 10.0 Å². The summed E-state index contributed by atoms with van der Waals surface area (Å²) in [4.78, 5) is 2.66. The number of likely N-dealkylation sites (N-methyl/N-ethyl adjacent to an activating group) is 1. The number of benzene rings is 1. The highest BCUT2D eigenvalue weighted by Crippen LogP contribution is 2.31. The zero-order chi connectivity index (χ0) is 15.2. The molecule has 21 heavy (non-hydrogen) atoms. The lowest BCUT2D eigenvalue weighted by Gasteiger charge is -2.25. The van der Waals surface area contributed by atoms with Crippen LogP contribution < -0.4 is 5.73 Å². The largest absolute Gasteiger partial charge is 0.398 e. The van der Waals surface area contributed by atoms with Crippen molar-refractivity contribution < 1.29 is 8.42 Å². The molecule has 2 aliphatic heterocycles. The normalized spacial score (nSPS) is 27.7. The Hall–Kier alpha value is -1.11. The van der Waals surface area contributed by atoms with Crippen molar-refractivity contribution in [2.24, 2.45) is 0 Å². The lowest BCUT2D eigenvalue weighted by Crippen LogP contribution is -2.39. The van der Waals surface area contributed by atoms with Gasteiger partial charge in [-0.2, -0.15) is 4.31 Å². The Morgan fingerprint density at radius 1 is 1.19 bits per heavy atom. The number of hydrogen-bond donors (Lipinski definition) is 1. The van der Waals surface area contributed by atoms with Crippen molar-refractivity contribution in [1.29, 1.82) is 0 Å². The molecule has 116 valence electrons. The van der Waals surface area contributed by atoms with Gasteiger partial charge in [0.15, 0.2) is 0 Å². The van der Waals surface area contributed by atoms with Crippen molar-refractivity contribution in [2.45, 2.75) is 43.2 Å². The van der Waals surface area contributed by atoms with Crippen LogP contribution in [0.4, 0.5) is 5.69 Å². The predicted octanol–water partition coefficient (Wildman–Crippen LogP) is 1.43. The maximum Gasteiger partial charge on any atom is 0.243 e. The highest BCUT2D eigenvalue weighted by Gasteiger charge is 2.38. The molecule has 2 aliphatic rings. The lowest BCUT2D eigenvalue weighted by atomic mass is 10.1. The van der Waals surface area contributed by atoms with E-state index in [0.717, 1.165) is 18.4 Å². The number of sulfonamides is 1. The van der Waals surface area contributed by atoms with Crippen LogP contribution in [0.5, 0.6) is 0 Å². The summed E-state index contributed by atoms with van der Waals surface area (Å²) in [5.74, 6) is 0. The van der Waals surface area contributed by atoms with E-state index in [2.05, 4.69) is 11.9 Å². The van der Waals surface area contributed by atoms with Crippen LogP contribution in [0.25, 0.3) is 0 Å². The molecule has 0 spiro atoms. The summed E-state index contributed by atoms with van der Waals surface area (Å²) >= 11 is 0. The molecule has 2 heterocycles. The first kappa shape index (κ1) is 14.8. The van der Waals surface area contributed by atoms with Crippen molar-refractivity contribution in [3.63, 3.8) is 0 Å². The second-order valence-electron chi connectivity index (χ2n) is 6.22. The van der Waals surface area contributed by atoms with Gasteiger partial charge in [0.1, 0.15) is 0 Å². The van der Waals surface area contributed by atoms with E-state index in [4.69, 9.17) is 5.73 Å². The van der Waals surface area contributed by atoms with Crippen LogP contribution in [0.1, 0.15) is 24.8 Å². The number of fused-ring (bicyclic) bond motifs is 2. The third-order valence-electron chi connectivity index (χ3n) is 5.00. The molecule has 2 N–H and O–H groups in total.